The van der Waals surface area contributed by atoms with Gasteiger partial charge in [-0.1, -0.05) is 32.0 Å². The molecule has 1 aliphatic rings. The number of fused-ring (bicyclic) bond motifs is 1. The normalized spacial score (nSPS) is 17.5. The van der Waals surface area contributed by atoms with Crippen molar-refractivity contribution in [1.29, 1.82) is 0 Å². The van der Waals surface area contributed by atoms with Crippen molar-refractivity contribution in [2.24, 2.45) is 5.41 Å². The maximum atomic E-state index is 13.3. The molecule has 0 amide bonds. The molecule has 0 aliphatic carbocycles. The lowest BCUT2D eigenvalue weighted by molar-refractivity contribution is -0.131. The Bertz CT molecular complexity index is 1010. The van der Waals surface area contributed by atoms with Gasteiger partial charge in [0.1, 0.15) is 5.75 Å². The van der Waals surface area contributed by atoms with E-state index in [2.05, 4.69) is 4.90 Å². The van der Waals surface area contributed by atoms with Crippen molar-refractivity contribution >= 4 is 27.2 Å². The predicted octanol–water partition coefficient (Wildman–Crippen LogP) is 4.40. The third kappa shape index (κ3) is 4.45. The van der Waals surface area contributed by atoms with Gasteiger partial charge in [0.15, 0.2) is 9.84 Å². The Labute approximate surface area is 171 Å². The predicted molar refractivity (Wildman–Crippen MR) is 112 cm³/mol. The second kappa shape index (κ2) is 8.29. The molecule has 0 unspecified atom stereocenters. The van der Waals surface area contributed by atoms with E-state index in [1.54, 1.807) is 12.1 Å². The zero-order valence-electron chi connectivity index (χ0n) is 16.5. The smallest absolute Gasteiger partial charge is 0.331 e. The van der Waals surface area contributed by atoms with Gasteiger partial charge in [0, 0.05) is 23.7 Å². The third-order valence-corrected chi connectivity index (χ3v) is 7.52. The first-order chi connectivity index (χ1) is 13.8. The highest BCUT2D eigenvalue weighted by molar-refractivity contribution is 7.91. The number of ether oxygens (including phenoxy) is 1. The lowest BCUT2D eigenvalue weighted by Crippen LogP contribution is -2.37. The molecule has 7 heteroatoms. The number of carbonyl (C=O) groups is 1. The Morgan fingerprint density at radius 2 is 1.86 bits per heavy atom. The number of nitrogens with zero attached hydrogens (tertiary/aromatic N) is 1. The molecule has 2 aromatic rings. The summed E-state index contributed by atoms with van der Waals surface area (Å²) in [4.78, 5) is 12.9. The van der Waals surface area contributed by atoms with Crippen LogP contribution >= 0.6 is 0 Å². The van der Waals surface area contributed by atoms with Crippen LogP contribution < -0.4 is 9.64 Å². The van der Waals surface area contributed by atoms with Crippen molar-refractivity contribution in [3.63, 3.8) is 0 Å². The van der Waals surface area contributed by atoms with Crippen LogP contribution in [0.1, 0.15) is 26.7 Å². The van der Waals surface area contributed by atoms with Crippen molar-refractivity contribution in [1.82, 2.24) is 0 Å². The zero-order chi connectivity index (χ0) is 21.1. The number of carboxylic acids is 1. The summed E-state index contributed by atoms with van der Waals surface area (Å²) >= 11 is 0. The van der Waals surface area contributed by atoms with E-state index in [0.717, 1.165) is 30.9 Å². The van der Waals surface area contributed by atoms with Crippen LogP contribution in [0.25, 0.3) is 0 Å². The monoisotopic (exact) mass is 415 g/mol. The molecule has 2 aromatic carbocycles. The SMILES string of the molecule is CCC1(CC)CN(c2ccccc2)c2ccc(O/C=C/C(=O)O)cc2S(=O)(=O)C1. The first-order valence-electron chi connectivity index (χ1n) is 9.56. The number of aliphatic carboxylic acids is 1. The molecule has 1 heterocycles. The van der Waals surface area contributed by atoms with E-state index in [1.165, 1.54) is 6.07 Å². The summed E-state index contributed by atoms with van der Waals surface area (Å²) in [6, 6.07) is 14.6. The van der Waals surface area contributed by atoms with Gasteiger partial charge in [-0.25, -0.2) is 13.2 Å². The maximum absolute atomic E-state index is 13.3. The van der Waals surface area contributed by atoms with Crippen LogP contribution in [0.5, 0.6) is 5.75 Å². The van der Waals surface area contributed by atoms with E-state index in [1.807, 2.05) is 44.2 Å². The Hall–Kier alpha value is -2.80. The number of carboxylic acid groups (broad SMARTS) is 1. The quantitative estimate of drug-likeness (QED) is 0.556. The first-order valence-corrected chi connectivity index (χ1v) is 11.2. The van der Waals surface area contributed by atoms with Crippen LogP contribution in [0, 0.1) is 5.41 Å². The zero-order valence-corrected chi connectivity index (χ0v) is 17.4. The molecule has 0 saturated carbocycles. The minimum Gasteiger partial charge on any atom is -0.478 e. The molecular weight excluding hydrogens is 390 g/mol. The van der Waals surface area contributed by atoms with Gasteiger partial charge in [-0.15, -0.1) is 0 Å². The van der Waals surface area contributed by atoms with Crippen LogP contribution in [0.3, 0.4) is 0 Å². The maximum Gasteiger partial charge on any atom is 0.331 e. The molecule has 6 nitrogen and oxygen atoms in total. The summed E-state index contributed by atoms with van der Waals surface area (Å²) in [6.45, 7) is 4.65. The van der Waals surface area contributed by atoms with Crippen LogP contribution in [0.15, 0.2) is 65.8 Å². The number of benzene rings is 2. The molecule has 29 heavy (non-hydrogen) atoms. The van der Waals surface area contributed by atoms with Crippen LogP contribution in [-0.2, 0) is 14.6 Å². The van der Waals surface area contributed by atoms with E-state index in [4.69, 9.17) is 9.84 Å². The van der Waals surface area contributed by atoms with Crippen molar-refractivity contribution < 1.29 is 23.1 Å². The summed E-state index contributed by atoms with van der Waals surface area (Å²) in [5.74, 6) is -0.811. The van der Waals surface area contributed by atoms with Gasteiger partial charge in [-0.3, -0.25) is 0 Å². The molecule has 0 saturated heterocycles. The van der Waals surface area contributed by atoms with Crippen molar-refractivity contribution in [3.05, 3.63) is 60.9 Å². The molecule has 0 aromatic heterocycles. The fourth-order valence-corrected chi connectivity index (χ4v) is 5.93. The molecule has 1 N–H and O–H groups in total. The molecular formula is C22H25NO5S. The van der Waals surface area contributed by atoms with Gasteiger partial charge in [0.2, 0.25) is 0 Å². The van der Waals surface area contributed by atoms with E-state index in [9.17, 15) is 13.2 Å². The molecule has 0 radical (unpaired) electrons. The summed E-state index contributed by atoms with van der Waals surface area (Å²) in [5, 5.41) is 8.71. The third-order valence-electron chi connectivity index (χ3n) is 5.53. The van der Waals surface area contributed by atoms with Crippen molar-refractivity contribution in [3.8, 4) is 5.75 Å². The fraction of sp³-hybridized carbons (Fsp3) is 0.318. The first kappa shape index (κ1) is 20.9. The molecule has 0 fully saturated rings. The van der Waals surface area contributed by atoms with E-state index in [-0.39, 0.29) is 21.8 Å². The van der Waals surface area contributed by atoms with Crippen LogP contribution in [0.4, 0.5) is 11.4 Å². The highest BCUT2D eigenvalue weighted by atomic mass is 32.2. The van der Waals surface area contributed by atoms with E-state index >= 15 is 0 Å². The van der Waals surface area contributed by atoms with Crippen molar-refractivity contribution in [2.75, 3.05) is 17.2 Å². The molecule has 0 atom stereocenters. The average Bonchev–Trinajstić information content (AvgIpc) is 2.81. The van der Waals surface area contributed by atoms with Gasteiger partial charge in [-0.2, -0.15) is 0 Å². The molecule has 3 rings (SSSR count). The second-order valence-electron chi connectivity index (χ2n) is 7.28. The highest BCUT2D eigenvalue weighted by Crippen LogP contribution is 2.44. The lowest BCUT2D eigenvalue weighted by atomic mass is 9.83. The standard InChI is InChI=1S/C22H25NO5S/c1-3-22(4-2)15-23(17-8-6-5-7-9-17)19-11-10-18(28-13-12-21(24)25)14-20(19)29(26,27)16-22/h5-14H,3-4,15-16H2,1-2H3,(H,24,25)/b13-12+. The number of para-hydroxylation sites is 1. The summed E-state index contributed by atoms with van der Waals surface area (Å²) in [6.07, 6.45) is 3.37. The Morgan fingerprint density at radius 1 is 1.17 bits per heavy atom. The summed E-state index contributed by atoms with van der Waals surface area (Å²) in [7, 11) is -3.58. The Morgan fingerprint density at radius 3 is 2.48 bits per heavy atom. The van der Waals surface area contributed by atoms with Gasteiger partial charge in [-0.05, 0) is 37.1 Å². The number of rotatable bonds is 6. The fourth-order valence-electron chi connectivity index (χ4n) is 3.67. The second-order valence-corrected chi connectivity index (χ2v) is 9.23. The summed E-state index contributed by atoms with van der Waals surface area (Å²) in [5.41, 5.74) is 1.16. The van der Waals surface area contributed by atoms with Crippen molar-refractivity contribution in [2.45, 2.75) is 31.6 Å². The Balaban J connectivity index is 2.15. The topological polar surface area (TPSA) is 83.9 Å². The number of anilines is 2. The molecule has 1 aliphatic heterocycles. The Kier molecular flexibility index (Phi) is 5.98. The number of hydrogen-bond acceptors (Lipinski definition) is 5. The average molecular weight is 416 g/mol. The number of sulfone groups is 1. The van der Waals surface area contributed by atoms with Gasteiger partial charge < -0.3 is 14.7 Å². The van der Waals surface area contributed by atoms with Gasteiger partial charge in [0.25, 0.3) is 0 Å². The van der Waals surface area contributed by atoms with E-state index in [0.29, 0.717) is 12.2 Å². The van der Waals surface area contributed by atoms with Crippen LogP contribution in [-0.4, -0.2) is 31.8 Å². The minimum atomic E-state index is -3.58. The largest absolute Gasteiger partial charge is 0.478 e. The minimum absolute atomic E-state index is 0.0533. The lowest BCUT2D eigenvalue weighted by Gasteiger charge is -2.35. The molecule has 0 spiro atoms. The van der Waals surface area contributed by atoms with Crippen LogP contribution in [0.2, 0.25) is 0 Å². The van der Waals surface area contributed by atoms with Gasteiger partial charge >= 0.3 is 5.97 Å². The number of hydrogen-bond donors (Lipinski definition) is 1. The molecule has 154 valence electrons. The van der Waals surface area contributed by atoms with E-state index < -0.39 is 15.8 Å². The van der Waals surface area contributed by atoms with Gasteiger partial charge in [0.05, 0.1) is 28.7 Å². The molecule has 0 bridgehead atoms. The highest BCUT2D eigenvalue weighted by Gasteiger charge is 2.40. The summed E-state index contributed by atoms with van der Waals surface area (Å²) < 4.78 is 32.0.